The first-order valence-corrected chi connectivity index (χ1v) is 9.03. The van der Waals surface area contributed by atoms with Crippen molar-refractivity contribution in [3.05, 3.63) is 68.2 Å². The topological polar surface area (TPSA) is 68.5 Å². The molecule has 0 aliphatic heterocycles. The van der Waals surface area contributed by atoms with E-state index in [-0.39, 0.29) is 24.4 Å². The Morgan fingerprint density at radius 3 is 2.74 bits per heavy atom. The van der Waals surface area contributed by atoms with Crippen LogP contribution in [0.2, 0.25) is 0 Å². The molecule has 0 saturated carbocycles. The second-order valence-electron chi connectivity index (χ2n) is 6.03. The lowest BCUT2D eigenvalue weighted by molar-refractivity contribution is -0.116. The van der Waals surface area contributed by atoms with E-state index in [4.69, 9.17) is 9.15 Å². The van der Waals surface area contributed by atoms with Crippen molar-refractivity contribution in [1.82, 2.24) is 0 Å². The molecule has 5 nitrogen and oxygen atoms in total. The van der Waals surface area contributed by atoms with E-state index in [1.165, 1.54) is 19.2 Å². The fourth-order valence-electron chi connectivity index (χ4n) is 2.83. The quantitative estimate of drug-likeness (QED) is 0.597. The summed E-state index contributed by atoms with van der Waals surface area (Å²) in [7, 11) is 1.54. The van der Waals surface area contributed by atoms with Crippen LogP contribution in [0.1, 0.15) is 17.5 Å². The molecule has 3 aromatic rings. The van der Waals surface area contributed by atoms with E-state index in [9.17, 15) is 14.0 Å². The predicted molar refractivity (Wildman–Crippen MR) is 105 cm³/mol. The third-order valence-corrected chi connectivity index (χ3v) is 4.80. The fourth-order valence-corrected chi connectivity index (χ4v) is 3.17. The van der Waals surface area contributed by atoms with E-state index in [1.807, 2.05) is 13.0 Å². The van der Waals surface area contributed by atoms with Gasteiger partial charge in [-0.05, 0) is 49.2 Å². The van der Waals surface area contributed by atoms with Crippen LogP contribution >= 0.6 is 15.9 Å². The zero-order valence-electron chi connectivity index (χ0n) is 14.8. The average molecular weight is 434 g/mol. The number of benzene rings is 2. The molecule has 27 heavy (non-hydrogen) atoms. The van der Waals surface area contributed by atoms with Gasteiger partial charge in [-0.2, -0.15) is 0 Å². The van der Waals surface area contributed by atoms with Crippen LogP contribution in [-0.4, -0.2) is 13.0 Å². The van der Waals surface area contributed by atoms with Crippen molar-refractivity contribution < 1.29 is 18.3 Å². The van der Waals surface area contributed by atoms with E-state index in [2.05, 4.69) is 21.2 Å². The van der Waals surface area contributed by atoms with E-state index in [1.54, 1.807) is 18.2 Å². The summed E-state index contributed by atoms with van der Waals surface area (Å²) in [5.74, 6) is -0.327. The van der Waals surface area contributed by atoms with E-state index >= 15 is 0 Å². The van der Waals surface area contributed by atoms with Crippen LogP contribution in [0.3, 0.4) is 0 Å². The molecule has 2 aromatic carbocycles. The SMILES string of the molecule is COc1ccc2c(C)c(CCC(=O)Nc3ccc(Br)cc3F)c(=O)oc2c1. The molecular weight excluding hydrogens is 417 g/mol. The summed E-state index contributed by atoms with van der Waals surface area (Å²) < 4.78 is 24.9. The number of halogens is 2. The number of fused-ring (bicyclic) bond motifs is 1. The highest BCUT2D eigenvalue weighted by Gasteiger charge is 2.14. The first kappa shape index (κ1) is 19.1. The van der Waals surface area contributed by atoms with Gasteiger partial charge < -0.3 is 14.5 Å². The van der Waals surface area contributed by atoms with Crippen molar-refractivity contribution in [1.29, 1.82) is 0 Å². The van der Waals surface area contributed by atoms with Crippen molar-refractivity contribution >= 4 is 38.5 Å². The van der Waals surface area contributed by atoms with Gasteiger partial charge in [-0.1, -0.05) is 15.9 Å². The van der Waals surface area contributed by atoms with Gasteiger partial charge in [0.25, 0.3) is 0 Å². The predicted octanol–water partition coefficient (Wildman–Crippen LogP) is 4.58. The van der Waals surface area contributed by atoms with Crippen LogP contribution in [0, 0.1) is 12.7 Å². The number of rotatable bonds is 5. The van der Waals surface area contributed by atoms with Crippen molar-refractivity contribution in [3.8, 4) is 5.75 Å². The second-order valence-corrected chi connectivity index (χ2v) is 6.94. The maximum absolute atomic E-state index is 13.8. The molecule has 0 bridgehead atoms. The monoisotopic (exact) mass is 433 g/mol. The molecule has 7 heteroatoms. The van der Waals surface area contributed by atoms with Crippen molar-refractivity contribution in [3.63, 3.8) is 0 Å². The summed E-state index contributed by atoms with van der Waals surface area (Å²) in [5, 5.41) is 3.30. The normalized spacial score (nSPS) is 10.8. The Hall–Kier alpha value is -2.67. The first-order valence-electron chi connectivity index (χ1n) is 8.24. The number of amides is 1. The minimum Gasteiger partial charge on any atom is -0.497 e. The molecule has 1 heterocycles. The van der Waals surface area contributed by atoms with E-state index < -0.39 is 11.4 Å². The Kier molecular flexibility index (Phi) is 5.60. The standard InChI is InChI=1S/C20H17BrFNO4/c1-11-14-5-4-13(26-2)10-18(14)27-20(25)15(11)6-8-19(24)23-17-7-3-12(21)9-16(17)22/h3-5,7,9-10H,6,8H2,1-2H3,(H,23,24). The minimum atomic E-state index is -0.534. The van der Waals surface area contributed by atoms with Crippen molar-refractivity contribution in [2.75, 3.05) is 12.4 Å². The summed E-state index contributed by atoms with van der Waals surface area (Å²) in [5.41, 5.74) is 1.22. The van der Waals surface area contributed by atoms with Crippen LogP contribution in [-0.2, 0) is 11.2 Å². The van der Waals surface area contributed by atoms with Gasteiger partial charge in [0.2, 0.25) is 5.91 Å². The Balaban J connectivity index is 1.78. The van der Waals surface area contributed by atoms with Crippen molar-refractivity contribution in [2.45, 2.75) is 19.8 Å². The van der Waals surface area contributed by atoms with Crippen LogP contribution < -0.4 is 15.7 Å². The zero-order chi connectivity index (χ0) is 19.6. The van der Waals surface area contributed by atoms with Gasteiger partial charge in [0, 0.05) is 27.9 Å². The van der Waals surface area contributed by atoms with E-state index in [0.29, 0.717) is 21.4 Å². The lowest BCUT2D eigenvalue weighted by atomic mass is 10.0. The molecule has 0 unspecified atom stereocenters. The number of carbonyl (C=O) groups excluding carboxylic acids is 1. The Morgan fingerprint density at radius 1 is 1.26 bits per heavy atom. The molecule has 0 atom stereocenters. The average Bonchev–Trinajstić information content (AvgIpc) is 2.63. The Bertz CT molecular complexity index is 1080. The Morgan fingerprint density at radius 2 is 2.04 bits per heavy atom. The third-order valence-electron chi connectivity index (χ3n) is 4.30. The fraction of sp³-hybridized carbons (Fsp3) is 0.200. The second kappa shape index (κ2) is 7.92. The molecule has 0 saturated heterocycles. The number of ether oxygens (including phenoxy) is 1. The highest BCUT2D eigenvalue weighted by Crippen LogP contribution is 2.25. The summed E-state index contributed by atoms with van der Waals surface area (Å²) in [4.78, 5) is 24.5. The van der Waals surface area contributed by atoms with Gasteiger partial charge >= 0.3 is 5.63 Å². The maximum atomic E-state index is 13.8. The maximum Gasteiger partial charge on any atom is 0.339 e. The number of carbonyl (C=O) groups is 1. The summed E-state index contributed by atoms with van der Waals surface area (Å²) in [6.07, 6.45) is 0.225. The molecule has 0 aliphatic carbocycles. The van der Waals surface area contributed by atoms with Crippen LogP contribution in [0.5, 0.6) is 5.75 Å². The highest BCUT2D eigenvalue weighted by atomic mass is 79.9. The lowest BCUT2D eigenvalue weighted by Crippen LogP contribution is -2.17. The molecule has 140 valence electrons. The molecule has 0 spiro atoms. The van der Waals surface area contributed by atoms with Crippen molar-refractivity contribution in [2.24, 2.45) is 0 Å². The smallest absolute Gasteiger partial charge is 0.339 e. The summed E-state index contributed by atoms with van der Waals surface area (Å²) in [6, 6.07) is 9.62. The van der Waals surface area contributed by atoms with Gasteiger partial charge in [0.05, 0.1) is 12.8 Å². The molecule has 0 aliphatic rings. The number of hydrogen-bond donors (Lipinski definition) is 1. The highest BCUT2D eigenvalue weighted by molar-refractivity contribution is 9.10. The molecule has 1 amide bonds. The molecule has 0 fully saturated rings. The van der Waals surface area contributed by atoms with E-state index in [0.717, 1.165) is 10.9 Å². The van der Waals surface area contributed by atoms with Gasteiger partial charge in [-0.15, -0.1) is 0 Å². The first-order chi connectivity index (χ1) is 12.9. The Labute approximate surface area is 163 Å². The number of aryl methyl sites for hydroxylation is 1. The largest absolute Gasteiger partial charge is 0.497 e. The summed E-state index contributed by atoms with van der Waals surface area (Å²) in [6.45, 7) is 1.81. The molecule has 0 radical (unpaired) electrons. The lowest BCUT2D eigenvalue weighted by Gasteiger charge is -2.10. The molecular formula is C20H17BrFNO4. The summed E-state index contributed by atoms with van der Waals surface area (Å²) >= 11 is 3.16. The van der Waals surface area contributed by atoms with Gasteiger partial charge in [0.1, 0.15) is 17.1 Å². The minimum absolute atomic E-state index is 0.0305. The van der Waals surface area contributed by atoms with Gasteiger partial charge in [-0.25, -0.2) is 9.18 Å². The molecule has 1 aromatic heterocycles. The van der Waals surface area contributed by atoms with Gasteiger partial charge in [0.15, 0.2) is 0 Å². The van der Waals surface area contributed by atoms with Crippen LogP contribution in [0.4, 0.5) is 10.1 Å². The van der Waals surface area contributed by atoms with Crippen LogP contribution in [0.15, 0.2) is 50.1 Å². The van der Waals surface area contributed by atoms with Gasteiger partial charge in [-0.3, -0.25) is 4.79 Å². The number of nitrogens with one attached hydrogen (secondary N) is 1. The van der Waals surface area contributed by atoms with Crippen LogP contribution in [0.25, 0.3) is 11.0 Å². The number of anilines is 1. The third kappa shape index (κ3) is 4.19. The zero-order valence-corrected chi connectivity index (χ0v) is 16.4. The number of methoxy groups -OCH3 is 1. The molecule has 3 rings (SSSR count). The number of hydrogen-bond acceptors (Lipinski definition) is 4. The molecule has 1 N–H and O–H groups in total.